The van der Waals surface area contributed by atoms with Crippen LogP contribution in [0.2, 0.25) is 0 Å². The number of nitrogens with zero attached hydrogens (tertiary/aromatic N) is 1. The highest BCUT2D eigenvalue weighted by atomic mass is 16.7. The van der Waals surface area contributed by atoms with Crippen LogP contribution < -0.4 is 14.8 Å². The van der Waals surface area contributed by atoms with Crippen LogP contribution in [-0.4, -0.2) is 44.8 Å². The van der Waals surface area contributed by atoms with Gasteiger partial charge in [0.1, 0.15) is 11.9 Å². The maximum Gasteiger partial charge on any atom is 0.326 e. The number of aromatic amines is 2. The van der Waals surface area contributed by atoms with E-state index in [1.807, 2.05) is 30.3 Å². The number of fused-ring (bicyclic) bond motifs is 2. The number of aryl methyl sites for hydroxylation is 1. The number of benzene rings is 2. The van der Waals surface area contributed by atoms with Crippen molar-refractivity contribution in [3.63, 3.8) is 0 Å². The summed E-state index contributed by atoms with van der Waals surface area (Å²) in [4.78, 5) is 36.8. The number of carbonyl (C=O) groups is 2. The number of unbranched alkanes of at least 4 members (excludes halogenated alkanes) is 1. The number of hydrogen-bond acceptors (Lipinski definition) is 5. The maximum atomic E-state index is 13.6. The van der Waals surface area contributed by atoms with Gasteiger partial charge in [0.15, 0.2) is 11.5 Å². The molecular formula is C28H30N4O5. The Bertz CT molecular complexity index is 1410. The quantitative estimate of drug-likeness (QED) is 0.244. The molecule has 9 nitrogen and oxygen atoms in total. The highest BCUT2D eigenvalue weighted by Crippen LogP contribution is 2.35. The number of aromatic nitrogens is 3. The average molecular weight is 503 g/mol. The maximum absolute atomic E-state index is 13.6. The summed E-state index contributed by atoms with van der Waals surface area (Å²) in [6.45, 7) is 2.25. The molecule has 1 aliphatic heterocycles. The Labute approximate surface area is 214 Å². The number of ether oxygens (including phenoxy) is 2. The van der Waals surface area contributed by atoms with Crippen molar-refractivity contribution in [2.24, 2.45) is 0 Å². The Morgan fingerprint density at radius 1 is 1.14 bits per heavy atom. The number of para-hydroxylation sites is 1. The molecule has 0 radical (unpaired) electrons. The zero-order chi connectivity index (χ0) is 25.8. The van der Waals surface area contributed by atoms with Gasteiger partial charge in [-0.1, -0.05) is 37.6 Å². The number of amides is 1. The van der Waals surface area contributed by atoms with Gasteiger partial charge in [-0.15, -0.1) is 0 Å². The lowest BCUT2D eigenvalue weighted by Crippen LogP contribution is -2.44. The minimum Gasteiger partial charge on any atom is -0.480 e. The third-order valence-electron chi connectivity index (χ3n) is 6.70. The van der Waals surface area contributed by atoms with Crippen molar-refractivity contribution in [1.29, 1.82) is 0 Å². The number of rotatable bonds is 11. The summed E-state index contributed by atoms with van der Waals surface area (Å²) in [6, 6.07) is 12.0. The molecule has 3 heterocycles. The first-order valence-electron chi connectivity index (χ1n) is 12.5. The number of carboxylic acids is 1. The Morgan fingerprint density at radius 3 is 2.81 bits per heavy atom. The number of carboxylic acid groups (broad SMARTS) is 1. The van der Waals surface area contributed by atoms with E-state index in [0.29, 0.717) is 23.5 Å². The normalized spacial score (nSPS) is 14.0. The second-order valence-corrected chi connectivity index (χ2v) is 9.29. The average Bonchev–Trinajstić information content (AvgIpc) is 3.65. The van der Waals surface area contributed by atoms with E-state index < -0.39 is 17.9 Å². The number of H-pyrrole nitrogens is 2. The fraction of sp³-hybridized carbons (Fsp3) is 0.321. The number of carbonyl (C=O) groups excluding carboxylic acids is 1. The van der Waals surface area contributed by atoms with E-state index in [1.165, 1.54) is 0 Å². The molecular weight excluding hydrogens is 472 g/mol. The summed E-state index contributed by atoms with van der Waals surface area (Å²) in [6.07, 6.45) is 6.96. The lowest BCUT2D eigenvalue weighted by molar-refractivity contribution is -0.142. The lowest BCUT2D eigenvalue weighted by Gasteiger charge is -2.21. The van der Waals surface area contributed by atoms with E-state index in [2.05, 4.69) is 27.2 Å². The molecule has 0 aliphatic carbocycles. The summed E-state index contributed by atoms with van der Waals surface area (Å²) >= 11 is 0. The fourth-order valence-electron chi connectivity index (χ4n) is 4.69. The molecule has 1 amide bonds. The van der Waals surface area contributed by atoms with Crippen molar-refractivity contribution >= 4 is 22.8 Å². The predicted octanol–water partition coefficient (Wildman–Crippen LogP) is 4.10. The van der Waals surface area contributed by atoms with Crippen molar-refractivity contribution in [3.05, 3.63) is 77.5 Å². The third-order valence-corrected chi connectivity index (χ3v) is 6.70. The van der Waals surface area contributed by atoms with Crippen LogP contribution in [0.25, 0.3) is 10.9 Å². The minimum atomic E-state index is -1.09. The first-order chi connectivity index (χ1) is 18.0. The molecule has 4 N–H and O–H groups in total. The monoisotopic (exact) mass is 502 g/mol. The molecule has 2 aromatic carbocycles. The van der Waals surface area contributed by atoms with Gasteiger partial charge in [-0.25, -0.2) is 9.78 Å². The molecule has 0 fully saturated rings. The van der Waals surface area contributed by atoms with E-state index >= 15 is 0 Å². The molecule has 2 atom stereocenters. The van der Waals surface area contributed by atoms with Gasteiger partial charge in [-0.05, 0) is 35.7 Å². The van der Waals surface area contributed by atoms with E-state index in [-0.39, 0.29) is 19.1 Å². The molecule has 192 valence electrons. The summed E-state index contributed by atoms with van der Waals surface area (Å²) in [5.41, 5.74) is 3.27. The summed E-state index contributed by atoms with van der Waals surface area (Å²) in [5, 5.41) is 13.7. The first-order valence-corrected chi connectivity index (χ1v) is 12.5. The molecule has 0 bridgehead atoms. The van der Waals surface area contributed by atoms with Crippen LogP contribution in [0.15, 0.2) is 54.9 Å². The summed E-state index contributed by atoms with van der Waals surface area (Å²) in [5.74, 6) is -0.0586. The second kappa shape index (κ2) is 10.8. The minimum absolute atomic E-state index is 0.128. The molecule has 9 heteroatoms. The predicted molar refractivity (Wildman–Crippen MR) is 138 cm³/mol. The van der Waals surface area contributed by atoms with Crippen LogP contribution >= 0.6 is 0 Å². The van der Waals surface area contributed by atoms with E-state index in [1.54, 1.807) is 24.5 Å². The van der Waals surface area contributed by atoms with Gasteiger partial charge in [-0.2, -0.15) is 0 Å². The molecule has 0 unspecified atom stereocenters. The Kier molecular flexibility index (Phi) is 7.11. The molecule has 5 rings (SSSR count). The van der Waals surface area contributed by atoms with Gasteiger partial charge in [0.2, 0.25) is 12.7 Å². The highest BCUT2D eigenvalue weighted by Gasteiger charge is 2.29. The van der Waals surface area contributed by atoms with Gasteiger partial charge in [0, 0.05) is 48.3 Å². The standard InChI is InChI=1S/C28H30N4O5/c1-2-3-8-26-30-15-19(31-26)13-21(17-9-10-24-25(12-17)37-16-36-24)27(33)32-23(28(34)35)11-18-14-29-22-7-5-4-6-20(18)22/h4-7,9-10,12,14-15,21,23,29H,2-3,8,11,13,16H2,1H3,(H,30,31)(H,32,33)(H,34,35)/t21-,23-/m0/s1. The van der Waals surface area contributed by atoms with Crippen LogP contribution in [0.5, 0.6) is 11.5 Å². The van der Waals surface area contributed by atoms with Gasteiger partial charge in [0.05, 0.1) is 5.92 Å². The molecule has 4 aromatic rings. The molecule has 37 heavy (non-hydrogen) atoms. The van der Waals surface area contributed by atoms with Crippen molar-refractivity contribution in [3.8, 4) is 11.5 Å². The molecule has 2 aromatic heterocycles. The SMILES string of the molecule is CCCCc1ncc(C[C@H](C(=O)N[C@@H](Cc2c[nH]c3ccccc23)C(=O)O)c2ccc3c(c2)OCO3)[nH]1. The molecule has 1 aliphatic rings. The van der Waals surface area contributed by atoms with Gasteiger partial charge in [0.25, 0.3) is 0 Å². The Balaban J connectivity index is 1.39. The highest BCUT2D eigenvalue weighted by molar-refractivity contribution is 5.89. The van der Waals surface area contributed by atoms with Crippen LogP contribution in [0.3, 0.4) is 0 Å². The van der Waals surface area contributed by atoms with Crippen molar-refractivity contribution in [1.82, 2.24) is 20.3 Å². The van der Waals surface area contributed by atoms with Gasteiger partial charge in [-0.3, -0.25) is 4.79 Å². The van der Waals surface area contributed by atoms with Crippen LogP contribution in [0.4, 0.5) is 0 Å². The van der Waals surface area contributed by atoms with E-state index in [0.717, 1.165) is 47.2 Å². The topological polar surface area (TPSA) is 129 Å². The van der Waals surface area contributed by atoms with E-state index in [9.17, 15) is 14.7 Å². The third kappa shape index (κ3) is 5.45. The van der Waals surface area contributed by atoms with Crippen LogP contribution in [0.1, 0.15) is 48.3 Å². The molecule has 0 spiro atoms. The van der Waals surface area contributed by atoms with Crippen LogP contribution in [0, 0.1) is 0 Å². The molecule has 0 saturated carbocycles. The smallest absolute Gasteiger partial charge is 0.326 e. The largest absolute Gasteiger partial charge is 0.480 e. The number of aliphatic carboxylic acids is 1. The Morgan fingerprint density at radius 2 is 1.97 bits per heavy atom. The number of imidazole rings is 1. The van der Waals surface area contributed by atoms with E-state index in [4.69, 9.17) is 9.47 Å². The number of nitrogens with one attached hydrogen (secondary N) is 3. The lowest BCUT2D eigenvalue weighted by atomic mass is 9.92. The summed E-state index contributed by atoms with van der Waals surface area (Å²) < 4.78 is 10.9. The van der Waals surface area contributed by atoms with Crippen molar-refractivity contribution < 1.29 is 24.2 Å². The molecule has 0 saturated heterocycles. The fourth-order valence-corrected chi connectivity index (χ4v) is 4.69. The van der Waals surface area contributed by atoms with Gasteiger partial charge >= 0.3 is 5.97 Å². The van der Waals surface area contributed by atoms with Crippen LogP contribution in [-0.2, 0) is 28.9 Å². The second-order valence-electron chi connectivity index (χ2n) is 9.29. The number of hydrogen-bond donors (Lipinski definition) is 4. The summed E-state index contributed by atoms with van der Waals surface area (Å²) in [7, 11) is 0. The van der Waals surface area contributed by atoms with Crippen molar-refractivity contribution in [2.75, 3.05) is 6.79 Å². The zero-order valence-electron chi connectivity index (χ0n) is 20.6. The van der Waals surface area contributed by atoms with Gasteiger partial charge < -0.3 is 29.9 Å². The first kappa shape index (κ1) is 24.4. The van der Waals surface area contributed by atoms with Crippen molar-refractivity contribution in [2.45, 2.75) is 51.0 Å². The Hall–Kier alpha value is -4.27. The zero-order valence-corrected chi connectivity index (χ0v) is 20.6.